The summed E-state index contributed by atoms with van der Waals surface area (Å²) in [6.45, 7) is 1.36. The molecule has 2 aromatic carbocycles. The van der Waals surface area contributed by atoms with Crippen molar-refractivity contribution in [3.63, 3.8) is 0 Å². The summed E-state index contributed by atoms with van der Waals surface area (Å²) in [5.41, 5.74) is 6.27. The number of nitrogens with zero attached hydrogens (tertiary/aromatic N) is 1. The van der Waals surface area contributed by atoms with Crippen molar-refractivity contribution in [3.8, 4) is 5.75 Å². The zero-order chi connectivity index (χ0) is 19.4. The summed E-state index contributed by atoms with van der Waals surface area (Å²) < 4.78 is 43.1. The molecule has 0 bridgehead atoms. The molecule has 4 nitrogen and oxygen atoms in total. The number of hydrogen-bond acceptors (Lipinski definition) is 3. The maximum Gasteiger partial charge on any atom is 0.416 e. The number of halogens is 4. The van der Waals surface area contributed by atoms with Gasteiger partial charge >= 0.3 is 6.18 Å². The Kier molecular flexibility index (Phi) is 7.32. The first kappa shape index (κ1) is 22.0. The third kappa shape index (κ3) is 5.17. The molecule has 2 N–H and O–H groups in total. The van der Waals surface area contributed by atoms with Crippen LogP contribution in [0.5, 0.6) is 5.75 Å². The Morgan fingerprint density at radius 2 is 1.71 bits per heavy atom. The van der Waals surface area contributed by atoms with Crippen molar-refractivity contribution in [1.29, 1.82) is 0 Å². The van der Waals surface area contributed by atoms with E-state index in [0.717, 1.165) is 17.7 Å². The van der Waals surface area contributed by atoms with Gasteiger partial charge in [-0.2, -0.15) is 13.2 Å². The highest BCUT2D eigenvalue weighted by Gasteiger charge is 2.35. The first-order valence-corrected chi connectivity index (χ1v) is 8.71. The number of likely N-dealkylation sites (tertiary alicyclic amines) is 1. The third-order valence-corrected chi connectivity index (χ3v) is 4.87. The lowest BCUT2D eigenvalue weighted by atomic mass is 9.89. The molecule has 1 aliphatic heterocycles. The summed E-state index contributed by atoms with van der Waals surface area (Å²) in [5.74, 6) is 0.367. The predicted molar refractivity (Wildman–Crippen MR) is 102 cm³/mol. The Labute approximate surface area is 167 Å². The molecule has 152 valence electrons. The molecular formula is C20H22ClF3N2O2. The Hall–Kier alpha value is -2.25. The molecule has 28 heavy (non-hydrogen) atoms. The van der Waals surface area contributed by atoms with Crippen LogP contribution < -0.4 is 10.5 Å². The topological polar surface area (TPSA) is 55.6 Å². The van der Waals surface area contributed by atoms with Gasteiger partial charge in [-0.05, 0) is 42.3 Å². The van der Waals surface area contributed by atoms with Crippen LogP contribution in [0, 0.1) is 5.92 Å². The summed E-state index contributed by atoms with van der Waals surface area (Å²) in [5, 5.41) is 0. The quantitative estimate of drug-likeness (QED) is 0.811. The average molecular weight is 415 g/mol. The number of carbonyl (C=O) groups is 1. The fourth-order valence-corrected chi connectivity index (χ4v) is 3.37. The normalized spacial score (nSPS) is 19.2. The highest BCUT2D eigenvalue weighted by atomic mass is 35.5. The molecular weight excluding hydrogens is 393 g/mol. The van der Waals surface area contributed by atoms with Gasteiger partial charge in [0.2, 0.25) is 0 Å². The SMILES string of the molecule is Cl.NC[C@@H]1CN(C(=O)COc2ccc(C(F)(F)F)cc2)C[C@H]1c1ccccc1. The molecule has 0 saturated carbocycles. The fourth-order valence-electron chi connectivity index (χ4n) is 3.37. The molecule has 1 heterocycles. The van der Waals surface area contributed by atoms with E-state index in [1.54, 1.807) is 4.90 Å². The van der Waals surface area contributed by atoms with Gasteiger partial charge in [-0.1, -0.05) is 30.3 Å². The zero-order valence-electron chi connectivity index (χ0n) is 15.1. The Morgan fingerprint density at radius 3 is 2.29 bits per heavy atom. The summed E-state index contributed by atoms with van der Waals surface area (Å²) >= 11 is 0. The van der Waals surface area contributed by atoms with Crippen molar-refractivity contribution in [2.45, 2.75) is 12.1 Å². The van der Waals surface area contributed by atoms with Gasteiger partial charge < -0.3 is 15.4 Å². The van der Waals surface area contributed by atoms with Crippen molar-refractivity contribution in [1.82, 2.24) is 4.90 Å². The van der Waals surface area contributed by atoms with Gasteiger partial charge in [0.05, 0.1) is 5.56 Å². The Morgan fingerprint density at radius 1 is 1.07 bits per heavy atom. The molecule has 0 spiro atoms. The smallest absolute Gasteiger partial charge is 0.416 e. The van der Waals surface area contributed by atoms with E-state index in [2.05, 4.69) is 0 Å². The average Bonchev–Trinajstić information content (AvgIpc) is 3.11. The summed E-state index contributed by atoms with van der Waals surface area (Å²) in [6, 6.07) is 14.2. The van der Waals surface area contributed by atoms with E-state index < -0.39 is 11.7 Å². The molecule has 1 fully saturated rings. The molecule has 1 aliphatic rings. The van der Waals surface area contributed by atoms with E-state index >= 15 is 0 Å². The standard InChI is InChI=1S/C20H21F3N2O2.ClH/c21-20(22,23)16-6-8-17(9-7-16)27-13-19(26)25-11-15(10-24)18(12-25)14-4-2-1-3-5-14;/h1-9,15,18H,10-13,24H2;1H/t15-,18+;/m1./s1. The minimum absolute atomic E-state index is 0. The van der Waals surface area contributed by atoms with Gasteiger partial charge in [-0.25, -0.2) is 0 Å². The van der Waals surface area contributed by atoms with E-state index in [1.807, 2.05) is 30.3 Å². The largest absolute Gasteiger partial charge is 0.484 e. The number of amides is 1. The number of ether oxygens (including phenoxy) is 1. The van der Waals surface area contributed by atoms with E-state index in [4.69, 9.17) is 10.5 Å². The lowest BCUT2D eigenvalue weighted by Crippen LogP contribution is -2.33. The predicted octanol–water partition coefficient (Wildman–Crippen LogP) is 3.71. The Balaban J connectivity index is 0.00000280. The number of rotatable bonds is 5. The lowest BCUT2D eigenvalue weighted by Gasteiger charge is -2.17. The number of carbonyl (C=O) groups excluding carboxylic acids is 1. The van der Waals surface area contributed by atoms with Crippen molar-refractivity contribution >= 4 is 18.3 Å². The van der Waals surface area contributed by atoms with Crippen LogP contribution in [-0.2, 0) is 11.0 Å². The van der Waals surface area contributed by atoms with Gasteiger partial charge in [0.25, 0.3) is 5.91 Å². The van der Waals surface area contributed by atoms with Crippen LogP contribution in [0.2, 0.25) is 0 Å². The lowest BCUT2D eigenvalue weighted by molar-refractivity contribution is -0.137. The van der Waals surface area contributed by atoms with Crippen LogP contribution in [0.25, 0.3) is 0 Å². The fraction of sp³-hybridized carbons (Fsp3) is 0.350. The van der Waals surface area contributed by atoms with Gasteiger partial charge in [-0.3, -0.25) is 4.79 Å². The monoisotopic (exact) mass is 414 g/mol. The second-order valence-electron chi connectivity index (χ2n) is 6.62. The molecule has 0 unspecified atom stereocenters. The van der Waals surface area contributed by atoms with Crippen LogP contribution in [0.1, 0.15) is 17.0 Å². The maximum absolute atomic E-state index is 12.6. The van der Waals surface area contributed by atoms with Crippen LogP contribution in [0.15, 0.2) is 54.6 Å². The van der Waals surface area contributed by atoms with Gasteiger partial charge in [0.1, 0.15) is 5.75 Å². The minimum atomic E-state index is -4.40. The second-order valence-corrected chi connectivity index (χ2v) is 6.62. The van der Waals surface area contributed by atoms with Crippen molar-refractivity contribution in [2.75, 3.05) is 26.2 Å². The molecule has 3 rings (SSSR count). The first-order chi connectivity index (χ1) is 12.9. The molecule has 0 aromatic heterocycles. The number of nitrogens with two attached hydrogens (primary N) is 1. The summed E-state index contributed by atoms with van der Waals surface area (Å²) in [6.07, 6.45) is -4.40. The van der Waals surface area contributed by atoms with Gasteiger partial charge in [0.15, 0.2) is 6.61 Å². The van der Waals surface area contributed by atoms with E-state index in [0.29, 0.717) is 19.6 Å². The van der Waals surface area contributed by atoms with Crippen LogP contribution in [0.3, 0.4) is 0 Å². The van der Waals surface area contributed by atoms with Crippen molar-refractivity contribution in [3.05, 3.63) is 65.7 Å². The van der Waals surface area contributed by atoms with Crippen molar-refractivity contribution in [2.24, 2.45) is 11.7 Å². The van der Waals surface area contributed by atoms with E-state index in [-0.39, 0.29) is 42.5 Å². The van der Waals surface area contributed by atoms with Crippen LogP contribution in [0.4, 0.5) is 13.2 Å². The van der Waals surface area contributed by atoms with Gasteiger partial charge in [-0.15, -0.1) is 12.4 Å². The number of hydrogen-bond donors (Lipinski definition) is 1. The molecule has 8 heteroatoms. The maximum atomic E-state index is 12.6. The van der Waals surface area contributed by atoms with E-state index in [1.165, 1.54) is 12.1 Å². The first-order valence-electron chi connectivity index (χ1n) is 8.71. The molecule has 0 aliphatic carbocycles. The highest BCUT2D eigenvalue weighted by molar-refractivity contribution is 5.85. The molecule has 1 saturated heterocycles. The molecule has 2 atom stereocenters. The third-order valence-electron chi connectivity index (χ3n) is 4.87. The van der Waals surface area contributed by atoms with E-state index in [9.17, 15) is 18.0 Å². The van der Waals surface area contributed by atoms with Crippen LogP contribution in [-0.4, -0.2) is 37.0 Å². The second kappa shape index (κ2) is 9.30. The number of benzene rings is 2. The molecule has 2 aromatic rings. The highest BCUT2D eigenvalue weighted by Crippen LogP contribution is 2.32. The molecule has 1 amide bonds. The van der Waals surface area contributed by atoms with Gasteiger partial charge in [0, 0.05) is 19.0 Å². The molecule has 0 radical (unpaired) electrons. The minimum Gasteiger partial charge on any atom is -0.484 e. The number of alkyl halides is 3. The van der Waals surface area contributed by atoms with Crippen LogP contribution >= 0.6 is 12.4 Å². The Bertz CT molecular complexity index is 769. The summed E-state index contributed by atoms with van der Waals surface area (Å²) in [4.78, 5) is 14.2. The van der Waals surface area contributed by atoms with Crippen molar-refractivity contribution < 1.29 is 22.7 Å². The summed E-state index contributed by atoms with van der Waals surface area (Å²) in [7, 11) is 0. The zero-order valence-corrected chi connectivity index (χ0v) is 15.9.